The van der Waals surface area contributed by atoms with E-state index in [1.807, 2.05) is 7.05 Å². The molecule has 6 heteroatoms. The predicted molar refractivity (Wildman–Crippen MR) is 88.2 cm³/mol. The summed E-state index contributed by atoms with van der Waals surface area (Å²) in [5, 5.41) is 3.05. The SMILES string of the molecule is CCN(CC)c1nc(NC)nc(N(C)C2CCCCC2)n1. The Morgan fingerprint density at radius 3 is 2.19 bits per heavy atom. The van der Waals surface area contributed by atoms with Crippen molar-refractivity contribution in [1.29, 1.82) is 0 Å². The molecule has 21 heavy (non-hydrogen) atoms. The second kappa shape index (κ2) is 7.43. The van der Waals surface area contributed by atoms with E-state index in [-0.39, 0.29) is 0 Å². The van der Waals surface area contributed by atoms with E-state index in [1.54, 1.807) is 0 Å². The molecule has 6 nitrogen and oxygen atoms in total. The molecule has 0 aliphatic heterocycles. The van der Waals surface area contributed by atoms with E-state index in [4.69, 9.17) is 0 Å². The van der Waals surface area contributed by atoms with Gasteiger partial charge in [-0.3, -0.25) is 0 Å². The summed E-state index contributed by atoms with van der Waals surface area (Å²) in [5.41, 5.74) is 0. The molecule has 0 radical (unpaired) electrons. The Hall–Kier alpha value is -1.59. The first-order chi connectivity index (χ1) is 10.2. The van der Waals surface area contributed by atoms with E-state index in [2.05, 4.69) is 51.0 Å². The standard InChI is InChI=1S/C15H28N6/c1-5-21(6-2)15-18-13(16-3)17-14(19-15)20(4)12-10-8-7-9-11-12/h12H,5-11H2,1-4H3,(H,16,17,18,19). The van der Waals surface area contributed by atoms with Crippen molar-refractivity contribution in [3.8, 4) is 0 Å². The summed E-state index contributed by atoms with van der Waals surface area (Å²) in [6.07, 6.45) is 6.44. The van der Waals surface area contributed by atoms with Gasteiger partial charge in [-0.15, -0.1) is 0 Å². The predicted octanol–water partition coefficient (Wildman–Crippen LogP) is 2.53. The molecule has 0 bridgehead atoms. The molecule has 1 fully saturated rings. The summed E-state index contributed by atoms with van der Waals surface area (Å²) >= 11 is 0. The molecule has 0 saturated heterocycles. The zero-order valence-electron chi connectivity index (χ0n) is 13.8. The zero-order valence-corrected chi connectivity index (χ0v) is 13.8. The maximum atomic E-state index is 4.69. The normalized spacial score (nSPS) is 15.8. The highest BCUT2D eigenvalue weighted by molar-refractivity contribution is 5.45. The minimum Gasteiger partial charge on any atom is -0.357 e. The number of nitrogens with one attached hydrogen (secondary N) is 1. The highest BCUT2D eigenvalue weighted by Gasteiger charge is 2.22. The van der Waals surface area contributed by atoms with Crippen LogP contribution in [0.25, 0.3) is 0 Å². The maximum absolute atomic E-state index is 4.69. The second-order valence-electron chi connectivity index (χ2n) is 5.58. The Bertz CT molecular complexity index is 440. The second-order valence-corrected chi connectivity index (χ2v) is 5.58. The summed E-state index contributed by atoms with van der Waals surface area (Å²) in [6, 6.07) is 0.551. The van der Waals surface area contributed by atoms with Crippen LogP contribution in [0.3, 0.4) is 0 Å². The van der Waals surface area contributed by atoms with Crippen LogP contribution in [-0.4, -0.2) is 48.2 Å². The molecular formula is C15H28N6. The first kappa shape index (κ1) is 15.8. The molecule has 1 aromatic rings. The lowest BCUT2D eigenvalue weighted by Crippen LogP contribution is -2.35. The van der Waals surface area contributed by atoms with Crippen LogP contribution < -0.4 is 15.1 Å². The van der Waals surface area contributed by atoms with Gasteiger partial charge in [0.2, 0.25) is 17.8 Å². The monoisotopic (exact) mass is 292 g/mol. The third-order valence-electron chi connectivity index (χ3n) is 4.32. The molecule has 1 aromatic heterocycles. The highest BCUT2D eigenvalue weighted by Crippen LogP contribution is 2.25. The van der Waals surface area contributed by atoms with Crippen LogP contribution in [0.5, 0.6) is 0 Å². The fourth-order valence-corrected chi connectivity index (χ4v) is 2.90. The molecule has 118 valence electrons. The van der Waals surface area contributed by atoms with Crippen molar-refractivity contribution in [2.75, 3.05) is 42.3 Å². The van der Waals surface area contributed by atoms with Crippen molar-refractivity contribution >= 4 is 17.8 Å². The van der Waals surface area contributed by atoms with Gasteiger partial charge in [0, 0.05) is 33.2 Å². The minimum atomic E-state index is 0.551. The van der Waals surface area contributed by atoms with Crippen molar-refractivity contribution in [3.63, 3.8) is 0 Å². The van der Waals surface area contributed by atoms with Crippen LogP contribution >= 0.6 is 0 Å². The molecule has 1 heterocycles. The molecule has 0 unspecified atom stereocenters. The van der Waals surface area contributed by atoms with E-state index >= 15 is 0 Å². The fraction of sp³-hybridized carbons (Fsp3) is 0.800. The number of nitrogens with zero attached hydrogens (tertiary/aromatic N) is 5. The van der Waals surface area contributed by atoms with Gasteiger partial charge in [-0.05, 0) is 26.7 Å². The Morgan fingerprint density at radius 1 is 1.00 bits per heavy atom. The molecule has 0 aromatic carbocycles. The van der Waals surface area contributed by atoms with Gasteiger partial charge in [0.1, 0.15) is 0 Å². The summed E-state index contributed by atoms with van der Waals surface area (Å²) in [5.74, 6) is 2.18. The van der Waals surface area contributed by atoms with E-state index in [1.165, 1.54) is 32.1 Å². The molecule has 1 aliphatic carbocycles. The number of aromatic nitrogens is 3. The Kier molecular flexibility index (Phi) is 5.59. The summed E-state index contributed by atoms with van der Waals surface area (Å²) in [6.45, 7) is 6.04. The van der Waals surface area contributed by atoms with Crippen molar-refractivity contribution < 1.29 is 0 Å². The lowest BCUT2D eigenvalue weighted by atomic mass is 9.95. The van der Waals surface area contributed by atoms with E-state index in [0.29, 0.717) is 12.0 Å². The molecular weight excluding hydrogens is 264 g/mol. The van der Waals surface area contributed by atoms with Gasteiger partial charge in [-0.25, -0.2) is 0 Å². The van der Waals surface area contributed by atoms with Gasteiger partial charge < -0.3 is 15.1 Å². The summed E-state index contributed by atoms with van der Waals surface area (Å²) in [4.78, 5) is 18.1. The van der Waals surface area contributed by atoms with Crippen LogP contribution in [0.15, 0.2) is 0 Å². The molecule has 1 N–H and O–H groups in total. The van der Waals surface area contributed by atoms with Gasteiger partial charge >= 0.3 is 0 Å². The lowest BCUT2D eigenvalue weighted by Gasteiger charge is -2.31. The van der Waals surface area contributed by atoms with Crippen molar-refractivity contribution in [2.24, 2.45) is 0 Å². The summed E-state index contributed by atoms with van der Waals surface area (Å²) in [7, 11) is 3.96. The van der Waals surface area contributed by atoms with Crippen LogP contribution in [0.1, 0.15) is 46.0 Å². The Labute approximate surface area is 128 Å². The van der Waals surface area contributed by atoms with Gasteiger partial charge in [0.05, 0.1) is 0 Å². The van der Waals surface area contributed by atoms with Crippen molar-refractivity contribution in [3.05, 3.63) is 0 Å². The average molecular weight is 292 g/mol. The van der Waals surface area contributed by atoms with E-state index < -0.39 is 0 Å². The first-order valence-electron chi connectivity index (χ1n) is 8.11. The topological polar surface area (TPSA) is 57.2 Å². The quantitative estimate of drug-likeness (QED) is 0.869. The largest absolute Gasteiger partial charge is 0.357 e. The molecule has 0 spiro atoms. The lowest BCUT2D eigenvalue weighted by molar-refractivity contribution is 0.424. The smallest absolute Gasteiger partial charge is 0.231 e. The van der Waals surface area contributed by atoms with Gasteiger partial charge in [-0.1, -0.05) is 19.3 Å². The molecule has 1 aliphatic rings. The van der Waals surface area contributed by atoms with Crippen LogP contribution in [0, 0.1) is 0 Å². The average Bonchev–Trinajstić information content (AvgIpc) is 2.55. The van der Waals surface area contributed by atoms with E-state index in [9.17, 15) is 0 Å². The van der Waals surface area contributed by atoms with E-state index in [0.717, 1.165) is 25.0 Å². The van der Waals surface area contributed by atoms with Gasteiger partial charge in [-0.2, -0.15) is 15.0 Å². The van der Waals surface area contributed by atoms with Gasteiger partial charge in [0.15, 0.2) is 0 Å². The third-order valence-corrected chi connectivity index (χ3v) is 4.32. The number of hydrogen-bond donors (Lipinski definition) is 1. The van der Waals surface area contributed by atoms with Crippen LogP contribution in [0.2, 0.25) is 0 Å². The van der Waals surface area contributed by atoms with Crippen molar-refractivity contribution in [1.82, 2.24) is 15.0 Å². The Balaban J connectivity index is 2.26. The summed E-state index contributed by atoms with van der Waals surface area (Å²) < 4.78 is 0. The fourth-order valence-electron chi connectivity index (χ4n) is 2.90. The number of hydrogen-bond acceptors (Lipinski definition) is 6. The van der Waals surface area contributed by atoms with Gasteiger partial charge in [0.25, 0.3) is 0 Å². The first-order valence-corrected chi connectivity index (χ1v) is 8.11. The molecule has 2 rings (SSSR count). The van der Waals surface area contributed by atoms with Crippen molar-refractivity contribution in [2.45, 2.75) is 52.0 Å². The maximum Gasteiger partial charge on any atom is 0.231 e. The zero-order chi connectivity index (χ0) is 15.2. The third kappa shape index (κ3) is 3.74. The number of anilines is 3. The molecule has 0 atom stereocenters. The Morgan fingerprint density at radius 2 is 1.62 bits per heavy atom. The van der Waals surface area contributed by atoms with Crippen LogP contribution in [0.4, 0.5) is 17.8 Å². The molecule has 0 amide bonds. The number of rotatable bonds is 6. The highest BCUT2D eigenvalue weighted by atomic mass is 15.4. The minimum absolute atomic E-state index is 0.551. The molecule has 1 saturated carbocycles. The van der Waals surface area contributed by atoms with Crippen LogP contribution in [-0.2, 0) is 0 Å².